The number of benzene rings is 1. The lowest BCUT2D eigenvalue weighted by atomic mass is 9.79. The van der Waals surface area contributed by atoms with Gasteiger partial charge in [-0.25, -0.2) is 4.39 Å². The number of carbonyl (C=O) groups excluding carboxylic acids is 2. The summed E-state index contributed by atoms with van der Waals surface area (Å²) >= 11 is 1.73. The predicted octanol–water partition coefficient (Wildman–Crippen LogP) is 6.25. The number of hydrogen-bond acceptors (Lipinski definition) is 3. The SMILES string of the molecule is CCCCC(=O)C(C)(C)c1ccc(N2C(=O)C(F)CC2CCCc2cccs2)cc1. The van der Waals surface area contributed by atoms with Crippen molar-refractivity contribution in [2.24, 2.45) is 0 Å². The Bertz CT molecular complexity index is 845. The molecule has 0 radical (unpaired) electrons. The molecule has 5 heteroatoms. The van der Waals surface area contributed by atoms with Crippen molar-refractivity contribution in [1.82, 2.24) is 0 Å². The molecule has 1 aromatic carbocycles. The monoisotopic (exact) mass is 429 g/mol. The number of thiophene rings is 1. The van der Waals surface area contributed by atoms with Gasteiger partial charge in [0.05, 0.1) is 0 Å². The zero-order valence-electron chi connectivity index (χ0n) is 18.2. The van der Waals surface area contributed by atoms with Crippen molar-refractivity contribution >= 4 is 28.7 Å². The molecule has 1 aromatic heterocycles. The average molecular weight is 430 g/mol. The van der Waals surface area contributed by atoms with Gasteiger partial charge in [-0.3, -0.25) is 9.59 Å². The van der Waals surface area contributed by atoms with Gasteiger partial charge in [-0.05, 0) is 68.7 Å². The Morgan fingerprint density at radius 3 is 2.57 bits per heavy atom. The van der Waals surface area contributed by atoms with Crippen molar-refractivity contribution in [2.45, 2.75) is 83.3 Å². The van der Waals surface area contributed by atoms with E-state index in [2.05, 4.69) is 18.4 Å². The van der Waals surface area contributed by atoms with E-state index in [0.717, 1.165) is 43.4 Å². The number of ketones is 1. The second-order valence-electron chi connectivity index (χ2n) is 8.74. The molecule has 1 aliphatic heterocycles. The Morgan fingerprint density at radius 1 is 1.20 bits per heavy atom. The smallest absolute Gasteiger partial charge is 0.261 e. The van der Waals surface area contributed by atoms with E-state index < -0.39 is 17.5 Å². The fourth-order valence-corrected chi connectivity index (χ4v) is 4.93. The van der Waals surface area contributed by atoms with Gasteiger partial charge in [0.2, 0.25) is 0 Å². The molecule has 0 spiro atoms. The maximum absolute atomic E-state index is 14.3. The van der Waals surface area contributed by atoms with Crippen LogP contribution in [0.5, 0.6) is 0 Å². The van der Waals surface area contributed by atoms with Crippen molar-refractivity contribution in [1.29, 1.82) is 0 Å². The topological polar surface area (TPSA) is 37.4 Å². The second kappa shape index (κ2) is 9.86. The van der Waals surface area contributed by atoms with Gasteiger partial charge in [0, 0.05) is 34.9 Å². The van der Waals surface area contributed by atoms with Crippen molar-refractivity contribution in [3.63, 3.8) is 0 Å². The standard InChI is InChI=1S/C25H32FNO2S/c1-4-5-11-23(28)25(2,3)18-12-14-19(15-13-18)27-20(17-22(26)24(27)29)8-6-9-21-10-7-16-30-21/h7,10,12-16,20,22H,4-6,8-9,11,17H2,1-3H3. The summed E-state index contributed by atoms with van der Waals surface area (Å²) in [6.45, 7) is 5.98. The number of amides is 1. The quantitative estimate of drug-likeness (QED) is 0.447. The molecule has 3 nitrogen and oxygen atoms in total. The zero-order chi connectivity index (χ0) is 21.7. The van der Waals surface area contributed by atoms with Gasteiger partial charge in [0.15, 0.2) is 6.17 Å². The molecule has 2 aromatic rings. The van der Waals surface area contributed by atoms with Crippen LogP contribution in [0.4, 0.5) is 10.1 Å². The number of halogens is 1. The highest BCUT2D eigenvalue weighted by Crippen LogP contribution is 2.34. The largest absolute Gasteiger partial charge is 0.307 e. The summed E-state index contributed by atoms with van der Waals surface area (Å²) in [5.74, 6) is -0.216. The fraction of sp³-hybridized carbons (Fsp3) is 0.520. The Labute approximate surface area is 183 Å². The fourth-order valence-electron chi connectivity index (χ4n) is 4.18. The van der Waals surface area contributed by atoms with Gasteiger partial charge in [0.1, 0.15) is 5.78 Å². The molecule has 2 unspecified atom stereocenters. The molecule has 2 atom stereocenters. The lowest BCUT2D eigenvalue weighted by Gasteiger charge is -2.27. The van der Waals surface area contributed by atoms with Crippen molar-refractivity contribution in [3.8, 4) is 0 Å². The average Bonchev–Trinajstić information content (AvgIpc) is 3.34. The number of aryl methyl sites for hydroxylation is 1. The molecule has 0 saturated carbocycles. The molecule has 162 valence electrons. The molecule has 0 bridgehead atoms. The third-order valence-corrected chi connectivity index (χ3v) is 7.15. The van der Waals surface area contributed by atoms with Crippen LogP contribution in [-0.2, 0) is 21.4 Å². The summed E-state index contributed by atoms with van der Waals surface area (Å²) in [7, 11) is 0. The minimum atomic E-state index is -1.43. The maximum Gasteiger partial charge on any atom is 0.261 e. The molecule has 3 rings (SSSR count). The molecule has 0 N–H and O–H groups in total. The normalized spacial score (nSPS) is 19.5. The molecule has 1 saturated heterocycles. The highest BCUT2D eigenvalue weighted by molar-refractivity contribution is 7.09. The van der Waals surface area contributed by atoms with Crippen LogP contribution in [0.1, 0.15) is 69.7 Å². The lowest BCUT2D eigenvalue weighted by molar-refractivity contribution is -0.123. The van der Waals surface area contributed by atoms with E-state index in [1.54, 1.807) is 16.2 Å². The molecular weight excluding hydrogens is 397 g/mol. The first-order valence-corrected chi connectivity index (χ1v) is 11.9. The summed E-state index contributed by atoms with van der Waals surface area (Å²) in [5, 5.41) is 2.06. The van der Waals surface area contributed by atoms with Crippen molar-refractivity contribution in [2.75, 3.05) is 4.90 Å². The molecule has 1 aliphatic rings. The summed E-state index contributed by atoms with van der Waals surface area (Å²) in [4.78, 5) is 28.1. The summed E-state index contributed by atoms with van der Waals surface area (Å²) < 4.78 is 14.3. The van der Waals surface area contributed by atoms with Gasteiger partial charge in [-0.1, -0.05) is 31.5 Å². The Hall–Kier alpha value is -2.01. The number of unbranched alkanes of at least 4 members (excludes halogenated alkanes) is 1. The molecular formula is C25H32FNO2S. The number of carbonyl (C=O) groups is 2. The Kier molecular flexibility index (Phi) is 7.45. The maximum atomic E-state index is 14.3. The third-order valence-electron chi connectivity index (χ3n) is 6.21. The predicted molar refractivity (Wildman–Crippen MR) is 122 cm³/mol. The first-order valence-electron chi connectivity index (χ1n) is 11.0. The van der Waals surface area contributed by atoms with E-state index in [9.17, 15) is 14.0 Å². The number of nitrogens with zero attached hydrogens (tertiary/aromatic N) is 1. The van der Waals surface area contributed by atoms with Gasteiger partial charge < -0.3 is 4.90 Å². The third kappa shape index (κ3) is 5.00. The number of rotatable bonds is 10. The van der Waals surface area contributed by atoms with Gasteiger partial charge in [-0.15, -0.1) is 11.3 Å². The first-order chi connectivity index (χ1) is 14.3. The number of Topliss-reactive ketones (excluding diaryl/α,β-unsaturated/α-hetero) is 1. The van der Waals surface area contributed by atoms with Crippen molar-refractivity contribution < 1.29 is 14.0 Å². The summed E-state index contributed by atoms with van der Waals surface area (Å²) in [6, 6.07) is 11.6. The van der Waals surface area contributed by atoms with Crippen LogP contribution in [0.15, 0.2) is 41.8 Å². The number of hydrogen-bond donors (Lipinski definition) is 0. The molecule has 2 heterocycles. The van der Waals surface area contributed by atoms with Crippen LogP contribution in [0.25, 0.3) is 0 Å². The zero-order valence-corrected chi connectivity index (χ0v) is 19.0. The molecule has 0 aliphatic carbocycles. The van der Waals surface area contributed by atoms with Crippen LogP contribution in [0.2, 0.25) is 0 Å². The Balaban J connectivity index is 1.70. The molecule has 30 heavy (non-hydrogen) atoms. The number of anilines is 1. The van der Waals surface area contributed by atoms with Gasteiger partial charge in [-0.2, -0.15) is 0 Å². The van der Waals surface area contributed by atoms with Gasteiger partial charge >= 0.3 is 0 Å². The lowest BCUT2D eigenvalue weighted by Crippen LogP contribution is -2.34. The van der Waals surface area contributed by atoms with E-state index in [1.165, 1.54) is 4.88 Å². The Morgan fingerprint density at radius 2 is 1.93 bits per heavy atom. The van der Waals surface area contributed by atoms with E-state index in [-0.39, 0.29) is 18.2 Å². The molecule has 1 fully saturated rings. The van der Waals surface area contributed by atoms with E-state index in [1.807, 2.05) is 44.2 Å². The van der Waals surface area contributed by atoms with E-state index in [4.69, 9.17) is 0 Å². The highest BCUT2D eigenvalue weighted by Gasteiger charge is 2.40. The highest BCUT2D eigenvalue weighted by atomic mass is 32.1. The van der Waals surface area contributed by atoms with Gasteiger partial charge in [0.25, 0.3) is 5.91 Å². The minimum Gasteiger partial charge on any atom is -0.307 e. The van der Waals surface area contributed by atoms with Crippen LogP contribution in [-0.4, -0.2) is 23.9 Å². The van der Waals surface area contributed by atoms with Crippen LogP contribution < -0.4 is 4.90 Å². The second-order valence-corrected chi connectivity index (χ2v) is 9.77. The summed E-state index contributed by atoms with van der Waals surface area (Å²) in [6.07, 6.45) is 3.97. The van der Waals surface area contributed by atoms with Crippen LogP contribution in [0.3, 0.4) is 0 Å². The molecule has 1 amide bonds. The summed E-state index contributed by atoms with van der Waals surface area (Å²) in [5.41, 5.74) is 1.10. The first kappa shape index (κ1) is 22.7. The minimum absolute atomic E-state index is 0.113. The van der Waals surface area contributed by atoms with E-state index >= 15 is 0 Å². The van der Waals surface area contributed by atoms with Crippen LogP contribution in [0, 0.1) is 0 Å². The van der Waals surface area contributed by atoms with E-state index in [0.29, 0.717) is 6.42 Å². The number of alkyl halides is 1. The van der Waals surface area contributed by atoms with Crippen LogP contribution >= 0.6 is 11.3 Å². The van der Waals surface area contributed by atoms with Crippen molar-refractivity contribution in [3.05, 3.63) is 52.2 Å².